The summed E-state index contributed by atoms with van der Waals surface area (Å²) in [6.07, 6.45) is 0. The molecular formula is C17H23FN4O4. The summed E-state index contributed by atoms with van der Waals surface area (Å²) < 4.78 is 19.4. The maximum atomic E-state index is 14.4. The summed E-state index contributed by atoms with van der Waals surface area (Å²) in [5.74, 6) is -2.28. The molecule has 0 radical (unpaired) electrons. The molecule has 1 fully saturated rings. The summed E-state index contributed by atoms with van der Waals surface area (Å²) in [4.78, 5) is 36.8. The number of hydrogen-bond acceptors (Lipinski definition) is 5. The maximum absolute atomic E-state index is 14.4. The van der Waals surface area contributed by atoms with Crippen molar-refractivity contribution in [2.75, 3.05) is 36.5 Å². The van der Waals surface area contributed by atoms with E-state index in [4.69, 9.17) is 10.5 Å². The first-order valence-electron chi connectivity index (χ1n) is 8.30. The zero-order valence-corrected chi connectivity index (χ0v) is 14.8. The van der Waals surface area contributed by atoms with Crippen LogP contribution in [0.2, 0.25) is 0 Å². The van der Waals surface area contributed by atoms with Gasteiger partial charge in [-0.1, -0.05) is 13.8 Å². The average molecular weight is 366 g/mol. The molecule has 1 aliphatic rings. The molecule has 2 rings (SSSR count). The molecule has 1 aliphatic heterocycles. The molecule has 0 aromatic heterocycles. The Morgan fingerprint density at radius 2 is 2.12 bits per heavy atom. The molecule has 0 unspecified atom stereocenters. The lowest BCUT2D eigenvalue weighted by Gasteiger charge is -2.27. The van der Waals surface area contributed by atoms with Crippen molar-refractivity contribution >= 4 is 29.1 Å². The number of primary amides is 1. The van der Waals surface area contributed by atoms with Crippen LogP contribution in [0, 0.1) is 11.7 Å². The molecule has 1 heterocycles. The minimum atomic E-state index is -1.22. The molecule has 9 heteroatoms. The Balaban J connectivity index is 2.09. The minimum Gasteiger partial charge on any atom is -0.370 e. The molecule has 3 amide bonds. The topological polar surface area (TPSA) is 114 Å². The maximum Gasteiger partial charge on any atom is 0.253 e. The van der Waals surface area contributed by atoms with Crippen LogP contribution in [0.4, 0.5) is 15.8 Å². The molecule has 0 bridgehead atoms. The van der Waals surface area contributed by atoms with E-state index in [1.54, 1.807) is 0 Å². The third-order valence-corrected chi connectivity index (χ3v) is 3.77. The molecule has 1 aromatic rings. The monoisotopic (exact) mass is 366 g/mol. The molecule has 26 heavy (non-hydrogen) atoms. The summed E-state index contributed by atoms with van der Waals surface area (Å²) >= 11 is 0. The number of ether oxygens (including phenoxy) is 1. The summed E-state index contributed by atoms with van der Waals surface area (Å²) in [7, 11) is 0. The number of benzene rings is 1. The van der Waals surface area contributed by atoms with Crippen LogP contribution in [0.25, 0.3) is 0 Å². The zero-order chi connectivity index (χ0) is 19.3. The van der Waals surface area contributed by atoms with Gasteiger partial charge < -0.3 is 20.7 Å². The van der Waals surface area contributed by atoms with Crippen LogP contribution in [0.15, 0.2) is 18.2 Å². The number of rotatable bonds is 7. The van der Waals surface area contributed by atoms with Crippen molar-refractivity contribution in [1.82, 2.24) is 5.32 Å². The molecule has 0 saturated carbocycles. The molecule has 1 aromatic carbocycles. The number of amides is 3. The van der Waals surface area contributed by atoms with E-state index in [1.165, 1.54) is 17.0 Å². The van der Waals surface area contributed by atoms with Crippen molar-refractivity contribution in [3.05, 3.63) is 24.0 Å². The Bertz CT molecular complexity index is 695. The van der Waals surface area contributed by atoms with Gasteiger partial charge in [0.25, 0.3) is 11.8 Å². The molecule has 0 aliphatic carbocycles. The average Bonchev–Trinajstić information content (AvgIpc) is 2.55. The van der Waals surface area contributed by atoms with Crippen LogP contribution < -0.4 is 21.3 Å². The van der Waals surface area contributed by atoms with Crippen LogP contribution in [-0.4, -0.2) is 50.1 Å². The number of carbonyl (C=O) groups is 3. The van der Waals surface area contributed by atoms with Gasteiger partial charge in [0.15, 0.2) is 6.04 Å². The van der Waals surface area contributed by atoms with Crippen LogP contribution >= 0.6 is 0 Å². The quantitative estimate of drug-likeness (QED) is 0.598. The minimum absolute atomic E-state index is 0.0975. The summed E-state index contributed by atoms with van der Waals surface area (Å²) in [5, 5.41) is 5.23. The fraction of sp³-hybridized carbons (Fsp3) is 0.471. The van der Waals surface area contributed by atoms with E-state index in [0.29, 0.717) is 13.2 Å². The SMILES string of the molecule is CC(C)CN[C@@H](C(N)=O)C(=O)Nc1ccc(N2CCOCC2=O)c(F)c1. The van der Waals surface area contributed by atoms with Gasteiger partial charge >= 0.3 is 0 Å². The van der Waals surface area contributed by atoms with Crippen molar-refractivity contribution in [2.24, 2.45) is 11.7 Å². The van der Waals surface area contributed by atoms with E-state index in [0.717, 1.165) is 6.07 Å². The van der Waals surface area contributed by atoms with E-state index in [1.807, 2.05) is 13.8 Å². The van der Waals surface area contributed by atoms with Crippen molar-refractivity contribution in [1.29, 1.82) is 0 Å². The van der Waals surface area contributed by atoms with Crippen molar-refractivity contribution in [3.8, 4) is 0 Å². The van der Waals surface area contributed by atoms with Gasteiger partial charge in [-0.2, -0.15) is 0 Å². The van der Waals surface area contributed by atoms with E-state index in [-0.39, 0.29) is 36.4 Å². The Labute approximate surface area is 150 Å². The van der Waals surface area contributed by atoms with Gasteiger partial charge in [-0.25, -0.2) is 4.39 Å². The fourth-order valence-corrected chi connectivity index (χ4v) is 2.47. The summed E-state index contributed by atoms with van der Waals surface area (Å²) in [5.41, 5.74) is 5.53. The van der Waals surface area contributed by atoms with Gasteiger partial charge in [-0.05, 0) is 30.7 Å². The van der Waals surface area contributed by atoms with Crippen LogP contribution in [-0.2, 0) is 19.1 Å². The number of nitrogens with two attached hydrogens (primary N) is 1. The Morgan fingerprint density at radius 1 is 1.38 bits per heavy atom. The lowest BCUT2D eigenvalue weighted by molar-refractivity contribution is -0.128. The summed E-state index contributed by atoms with van der Waals surface area (Å²) in [6, 6.07) is 2.73. The first-order valence-corrected chi connectivity index (χ1v) is 8.30. The Hall–Kier alpha value is -2.52. The van der Waals surface area contributed by atoms with E-state index >= 15 is 0 Å². The number of carbonyl (C=O) groups excluding carboxylic acids is 3. The van der Waals surface area contributed by atoms with Crippen molar-refractivity contribution < 1.29 is 23.5 Å². The number of morpholine rings is 1. The van der Waals surface area contributed by atoms with E-state index < -0.39 is 23.7 Å². The second kappa shape index (κ2) is 8.72. The lowest BCUT2D eigenvalue weighted by atomic mass is 10.1. The second-order valence-electron chi connectivity index (χ2n) is 6.39. The highest BCUT2D eigenvalue weighted by molar-refractivity contribution is 6.09. The van der Waals surface area contributed by atoms with Crippen LogP contribution in [0.3, 0.4) is 0 Å². The van der Waals surface area contributed by atoms with Crippen LogP contribution in [0.1, 0.15) is 13.8 Å². The van der Waals surface area contributed by atoms with Gasteiger partial charge in [0.2, 0.25) is 5.91 Å². The van der Waals surface area contributed by atoms with Gasteiger partial charge in [-0.15, -0.1) is 0 Å². The Morgan fingerprint density at radius 3 is 2.69 bits per heavy atom. The zero-order valence-electron chi connectivity index (χ0n) is 14.8. The highest BCUT2D eigenvalue weighted by atomic mass is 19.1. The fourth-order valence-electron chi connectivity index (χ4n) is 2.47. The first-order chi connectivity index (χ1) is 12.3. The number of halogens is 1. The molecule has 0 spiro atoms. The van der Waals surface area contributed by atoms with Crippen molar-refractivity contribution in [3.63, 3.8) is 0 Å². The molecule has 1 saturated heterocycles. The smallest absolute Gasteiger partial charge is 0.253 e. The molecular weight excluding hydrogens is 343 g/mol. The predicted octanol–water partition coefficient (Wildman–Crippen LogP) is 0.227. The van der Waals surface area contributed by atoms with Gasteiger partial charge in [0, 0.05) is 12.2 Å². The van der Waals surface area contributed by atoms with Gasteiger partial charge in [-0.3, -0.25) is 19.7 Å². The molecule has 142 valence electrons. The lowest BCUT2D eigenvalue weighted by Crippen LogP contribution is -2.50. The largest absolute Gasteiger partial charge is 0.370 e. The number of hydrogen-bond donors (Lipinski definition) is 3. The molecule has 1 atom stereocenters. The third-order valence-electron chi connectivity index (χ3n) is 3.77. The molecule has 8 nitrogen and oxygen atoms in total. The molecule has 4 N–H and O–H groups in total. The highest BCUT2D eigenvalue weighted by Gasteiger charge is 2.26. The highest BCUT2D eigenvalue weighted by Crippen LogP contribution is 2.24. The van der Waals surface area contributed by atoms with Gasteiger partial charge in [0.1, 0.15) is 12.4 Å². The van der Waals surface area contributed by atoms with E-state index in [2.05, 4.69) is 10.6 Å². The Kier molecular flexibility index (Phi) is 6.64. The third kappa shape index (κ3) is 4.99. The normalized spacial score (nSPS) is 15.8. The van der Waals surface area contributed by atoms with Crippen molar-refractivity contribution in [2.45, 2.75) is 19.9 Å². The predicted molar refractivity (Wildman–Crippen MR) is 94.0 cm³/mol. The van der Waals surface area contributed by atoms with E-state index in [9.17, 15) is 18.8 Å². The number of anilines is 2. The number of nitrogens with zero attached hydrogens (tertiary/aromatic N) is 1. The number of nitrogens with one attached hydrogen (secondary N) is 2. The van der Waals surface area contributed by atoms with Gasteiger partial charge in [0.05, 0.1) is 12.3 Å². The second-order valence-corrected chi connectivity index (χ2v) is 6.39. The standard InChI is InChI=1S/C17H23FN4O4/c1-10(2)8-20-15(16(19)24)17(25)21-11-3-4-13(12(18)7-11)22-5-6-26-9-14(22)23/h3-4,7,10,15,20H,5-6,8-9H2,1-2H3,(H2,19,24)(H,21,25)/t15-/m0/s1. The van der Waals surface area contributed by atoms with Crippen LogP contribution in [0.5, 0.6) is 0 Å². The first kappa shape index (κ1) is 19.8. The summed E-state index contributed by atoms with van der Waals surface area (Å²) in [6.45, 7) is 4.75.